The molecule has 4 aromatic carbocycles. The molecular weight excluding hydrogens is 1520 g/mol. The molecular formula is C81H110F9N6O12PS2. The Balaban J connectivity index is 0.702. The first kappa shape index (κ1) is 89.0. The topological polar surface area (TPSA) is 219 Å². The summed E-state index contributed by atoms with van der Waals surface area (Å²) in [5, 5.41) is 13.1. The molecule has 2 unspecified atom stereocenters. The van der Waals surface area contributed by atoms with Crippen LogP contribution >= 0.6 is 28.8 Å². The van der Waals surface area contributed by atoms with E-state index >= 15 is 0 Å². The van der Waals surface area contributed by atoms with Crippen LogP contribution in [-0.4, -0.2) is 173 Å². The number of carbonyl (C=O) groups is 1. The van der Waals surface area contributed by atoms with Gasteiger partial charge in [0.25, 0.3) is 0 Å². The molecule has 616 valence electrons. The summed E-state index contributed by atoms with van der Waals surface area (Å²) < 4.78 is 165. The normalized spacial score (nSPS) is 21.6. The van der Waals surface area contributed by atoms with E-state index < -0.39 is 91.3 Å². The number of aromatic nitrogens is 2. The molecule has 4 N–H and O–H groups in total. The van der Waals surface area contributed by atoms with Crippen molar-refractivity contribution < 1.29 is 87.3 Å². The second-order valence-electron chi connectivity index (χ2n) is 31.5. The van der Waals surface area contributed by atoms with E-state index in [1.165, 1.54) is 21.9 Å². The summed E-state index contributed by atoms with van der Waals surface area (Å²) in [7, 11) is 3.73. The fourth-order valence-electron chi connectivity index (χ4n) is 17.6. The minimum atomic E-state index is -6.77. The molecule has 1 aliphatic heterocycles. The Morgan fingerprint density at radius 2 is 1.41 bits per heavy atom. The Hall–Kier alpha value is -5.90. The van der Waals surface area contributed by atoms with Crippen LogP contribution in [0.25, 0.3) is 0 Å². The molecule has 1 amide bonds. The van der Waals surface area contributed by atoms with Gasteiger partial charge in [0.15, 0.2) is 0 Å². The van der Waals surface area contributed by atoms with E-state index in [2.05, 4.69) is 66.0 Å². The number of ether oxygens (including phenoxy) is 7. The van der Waals surface area contributed by atoms with Crippen LogP contribution in [0.4, 0.5) is 39.5 Å². The third-order valence-electron chi connectivity index (χ3n) is 23.0. The summed E-state index contributed by atoms with van der Waals surface area (Å²) >= 11 is 0. The number of aryl methyl sites for hydroxylation is 2. The van der Waals surface area contributed by atoms with Crippen LogP contribution in [0.5, 0.6) is 17.2 Å². The van der Waals surface area contributed by atoms with Crippen molar-refractivity contribution >= 4 is 34.7 Å². The minimum absolute atomic E-state index is 0.00289. The number of H-pyrrole nitrogens is 1. The predicted octanol–water partition coefficient (Wildman–Crippen LogP) is 16.8. The molecule has 3 fully saturated rings. The summed E-state index contributed by atoms with van der Waals surface area (Å²) in [5.74, 6) is 3.67. The van der Waals surface area contributed by atoms with E-state index in [4.69, 9.17) is 28.4 Å². The number of nitrogens with one attached hydrogen (secondary N) is 2. The maximum atomic E-state index is 14.0. The fourth-order valence-corrected chi connectivity index (χ4v) is 25.2. The van der Waals surface area contributed by atoms with Crippen LogP contribution < -0.4 is 30.8 Å². The van der Waals surface area contributed by atoms with E-state index in [9.17, 15) is 68.9 Å². The van der Waals surface area contributed by atoms with Crippen molar-refractivity contribution in [3.05, 3.63) is 157 Å². The number of hydrogen-bond donors (Lipinski definition) is 4. The van der Waals surface area contributed by atoms with Gasteiger partial charge in [-0.15, -0.1) is 0 Å². The van der Waals surface area contributed by atoms with E-state index in [0.29, 0.717) is 42.9 Å². The first-order chi connectivity index (χ1) is 52.4. The maximum absolute atomic E-state index is 14.0. The van der Waals surface area contributed by atoms with Gasteiger partial charge in [0, 0.05) is 23.7 Å². The summed E-state index contributed by atoms with van der Waals surface area (Å²) in [6, 6.07) is 32.2. The van der Waals surface area contributed by atoms with Crippen LogP contribution in [0, 0.1) is 28.6 Å². The molecule has 3 aliphatic carbocycles. The number of benzene rings is 4. The van der Waals surface area contributed by atoms with E-state index in [1.807, 2.05) is 134 Å². The van der Waals surface area contributed by atoms with E-state index in [0.717, 1.165) is 105 Å². The summed E-state index contributed by atoms with van der Waals surface area (Å²) in [5.41, 5.74) is -5.61. The Labute approximate surface area is 653 Å². The van der Waals surface area contributed by atoms with E-state index in [1.54, 1.807) is 18.9 Å². The first-order valence-corrected chi connectivity index (χ1v) is 43.2. The molecule has 9 rings (SSSR count). The van der Waals surface area contributed by atoms with Crippen molar-refractivity contribution in [3.63, 3.8) is 0 Å². The molecule has 111 heavy (non-hydrogen) atoms. The number of hydrogen-bond acceptors (Lipinski definition) is 17. The van der Waals surface area contributed by atoms with Crippen LogP contribution in [-0.2, 0) is 42.2 Å². The average Bonchev–Trinajstić information content (AvgIpc) is 1.37. The van der Waals surface area contributed by atoms with Crippen LogP contribution in [0.15, 0.2) is 113 Å². The van der Waals surface area contributed by atoms with Gasteiger partial charge in [-0.2, -0.15) is 39.5 Å². The van der Waals surface area contributed by atoms with Crippen LogP contribution in [0.1, 0.15) is 184 Å². The number of amides is 1. The molecule has 0 spiro atoms. The predicted molar refractivity (Wildman–Crippen MR) is 414 cm³/mol. The molecule has 8 atom stereocenters. The third-order valence-corrected chi connectivity index (χ3v) is 31.4. The Morgan fingerprint density at radius 3 is 2.02 bits per heavy atom. The van der Waals surface area contributed by atoms with Crippen molar-refractivity contribution in [3.8, 4) is 23.3 Å². The zero-order valence-corrected chi connectivity index (χ0v) is 67.6. The standard InChI is InChI=1S/C81H110F9N6O12PS2/c1-54(2)96(55(3)4)109(100,101,48-18-41-91)69-51-72(108-68(69)53-107-77(58-20-14-13-15-21-58,59-24-28-61(102-9)29-25-59)60-26-30-62(103-10)31-27-60)95-52-57(73(98)93-74(95)99)23-37-71(97)92-42-16-11-12-17-49-110-111-75(5,6)40-43-94(8)44-47-104-63-32-34-64-56(50-63)22-33-66-65(64)38-39-76(7)67(66)35-36-70(76)105-45-19-46-106-78(79(82,83)84,80(85,86)87)81(88,89)90/h13-15,20-21,24-32,34,50,52,54-55,65-70,72,100-101H,11-12,16-19,22-23,33,35-40,42-49,51,53H2,1-10H3,(H,92,97)(H,93,98,99)/t65?,66?,67-,68+,69-,70-,72+,76-/m0/s1. The molecule has 4 aliphatic rings. The summed E-state index contributed by atoms with van der Waals surface area (Å²) in [6.45, 7) is 14.6. The summed E-state index contributed by atoms with van der Waals surface area (Å²) in [6.07, 6.45) is -13.2. The number of carbonyl (C=O) groups excluding carboxylic acids is 1. The molecule has 18 nitrogen and oxygen atoms in total. The molecule has 1 aromatic heterocycles. The zero-order valence-electron chi connectivity index (χ0n) is 65.1. The zero-order chi connectivity index (χ0) is 81.0. The molecule has 0 radical (unpaired) electrons. The average molecular weight is 1630 g/mol. The van der Waals surface area contributed by atoms with Gasteiger partial charge in [0.1, 0.15) is 12.4 Å². The Bertz CT molecular complexity index is 3920. The van der Waals surface area contributed by atoms with Crippen LogP contribution in [0.3, 0.4) is 0 Å². The number of rotatable bonds is 40. The van der Waals surface area contributed by atoms with Gasteiger partial charge in [0.2, 0.25) is 0 Å². The number of halogens is 9. The van der Waals surface area contributed by atoms with Crippen molar-refractivity contribution in [1.29, 1.82) is 5.26 Å². The fraction of sp³-hybridized carbons (Fsp3) is 0.630. The van der Waals surface area contributed by atoms with Gasteiger partial charge in [-0.3, -0.25) is 0 Å². The first-order valence-electron chi connectivity index (χ1n) is 38.5. The number of nitrogens with zero attached hydrogens (tertiary/aromatic N) is 4. The van der Waals surface area contributed by atoms with Gasteiger partial charge in [-0.25, -0.2) is 0 Å². The molecule has 0 bridgehead atoms. The monoisotopic (exact) mass is 1620 g/mol. The van der Waals surface area contributed by atoms with Gasteiger partial charge < -0.3 is 19.1 Å². The van der Waals surface area contributed by atoms with Gasteiger partial charge in [0.05, 0.1) is 12.7 Å². The molecule has 1 saturated heterocycles. The van der Waals surface area contributed by atoms with Crippen molar-refractivity contribution in [2.75, 3.05) is 79.2 Å². The second kappa shape index (κ2) is 37.4. The van der Waals surface area contributed by atoms with Gasteiger partial charge in [-0.05, 0) is 132 Å². The SMILES string of the molecule is COc1ccc(C(OC[C@H]2O[C@@H](n3cc(CCC(=O)NCCCCCCSSC(C)(C)CCN(C)CCOc4ccc5c(c4)CCC4C5CC[C@]5(C)[C@@H](OCCCOC(C(F)(F)F)(C(F)(F)F)C(F)(F)F)CC[C@@H]45)c(=O)[nH]c3=O)C[C@@H]2P(O)(O)(CCC#N)N(C(C)C)C(C)C)(c2ccccc2)c2ccc(OC)cc2)cc1. The Kier molecular flexibility index (Phi) is 30.0. The van der Waals surface area contributed by atoms with Crippen LogP contribution in [0.2, 0.25) is 0 Å². The van der Waals surface area contributed by atoms with Crippen molar-refractivity contribution in [1.82, 2.24) is 24.4 Å². The molecule has 5 aromatic rings. The third kappa shape index (κ3) is 20.3. The number of unbranched alkanes of at least 4 members (excludes halogenated alkanes) is 3. The number of aromatic amines is 1. The van der Waals surface area contributed by atoms with Gasteiger partial charge in [-0.1, -0.05) is 47.4 Å². The quantitative estimate of drug-likeness (QED) is 0.00942. The van der Waals surface area contributed by atoms with Crippen molar-refractivity contribution in [2.45, 2.75) is 228 Å². The number of alkyl halides is 9. The Morgan fingerprint density at radius 1 is 0.784 bits per heavy atom. The molecule has 2 heterocycles. The van der Waals surface area contributed by atoms with Gasteiger partial charge >= 0.3 is 370 Å². The number of methoxy groups -OCH3 is 2. The molecule has 30 heteroatoms. The second-order valence-corrected chi connectivity index (χ2v) is 38.6. The number of likely N-dealkylation sites (N-methyl/N-ethyl adjacent to an activating group) is 1. The van der Waals surface area contributed by atoms with Crippen molar-refractivity contribution in [2.24, 2.45) is 17.3 Å². The molecule has 2 saturated carbocycles. The van der Waals surface area contributed by atoms with E-state index in [-0.39, 0.29) is 78.7 Å². The number of nitriles is 1. The summed E-state index contributed by atoms with van der Waals surface area (Å²) in [4.78, 5) is 72.5. The number of fused-ring (bicyclic) bond motifs is 5.